The number of carbonyl (C=O) groups excluding carboxylic acids is 1. The third-order valence-electron chi connectivity index (χ3n) is 4.86. The van der Waals surface area contributed by atoms with Gasteiger partial charge in [0.1, 0.15) is 24.8 Å². The lowest BCUT2D eigenvalue weighted by Gasteiger charge is -2.17. The van der Waals surface area contributed by atoms with Gasteiger partial charge >= 0.3 is 0 Å². The van der Waals surface area contributed by atoms with Crippen molar-refractivity contribution in [1.29, 1.82) is 0 Å². The van der Waals surface area contributed by atoms with E-state index in [4.69, 9.17) is 13.1 Å². The van der Waals surface area contributed by atoms with Gasteiger partial charge in [-0.05, 0) is 12.1 Å². The van der Waals surface area contributed by atoms with Gasteiger partial charge in [0.25, 0.3) is 26.1 Å². The topological polar surface area (TPSA) is 169 Å². The summed E-state index contributed by atoms with van der Waals surface area (Å²) >= 11 is 0. The summed E-state index contributed by atoms with van der Waals surface area (Å²) in [4.78, 5) is 25.1. The quantitative estimate of drug-likeness (QED) is 0.422. The fraction of sp³-hybridized carbons (Fsp3) is 0.368. The maximum absolute atomic E-state index is 12.5. The fourth-order valence-electron chi connectivity index (χ4n) is 3.46. The molecule has 15 heteroatoms. The van der Waals surface area contributed by atoms with Crippen molar-refractivity contribution in [2.75, 3.05) is 24.4 Å². The van der Waals surface area contributed by atoms with E-state index in [0.717, 1.165) is 12.5 Å². The van der Waals surface area contributed by atoms with Crippen molar-refractivity contribution in [1.82, 2.24) is 19.5 Å². The molecule has 4 rings (SSSR count). The van der Waals surface area contributed by atoms with E-state index in [1.807, 2.05) is 0 Å². The monoisotopic (exact) mass is 511 g/mol. The summed E-state index contributed by atoms with van der Waals surface area (Å²) in [6, 6.07) is 8.56. The molecule has 0 spiro atoms. The number of amides is 1. The van der Waals surface area contributed by atoms with Crippen LogP contribution in [0.4, 0.5) is 5.82 Å². The number of benzene rings is 1. The molecule has 3 heterocycles. The van der Waals surface area contributed by atoms with Gasteiger partial charge in [-0.1, -0.05) is 18.2 Å². The molecule has 34 heavy (non-hydrogen) atoms. The van der Waals surface area contributed by atoms with Crippen LogP contribution in [0, 0.1) is 0 Å². The van der Waals surface area contributed by atoms with E-state index in [9.17, 15) is 21.6 Å². The molecule has 13 nitrogen and oxygen atoms in total. The largest absolute Gasteiger partial charge is 0.349 e. The first-order chi connectivity index (χ1) is 16.0. The Bertz CT molecular complexity index is 1410. The van der Waals surface area contributed by atoms with Crippen molar-refractivity contribution < 1.29 is 34.7 Å². The molecule has 1 saturated heterocycles. The standard InChI is InChI=1S/C19H21N5O8S2/c1-33(26,27)30-9-14-13(32-34(2,28)29)8-15(31-14)24-11-22-16-17(20-10-21-18(16)24)23-19(25)12-6-4-3-5-7-12/h3-7,10-11,13-15H,8-9H2,1-2H3,(H,20,21,23,25)/t13-,14-,15-/m1/s1. The van der Waals surface area contributed by atoms with Gasteiger partial charge in [0.2, 0.25) is 0 Å². The smallest absolute Gasteiger partial charge is 0.264 e. The summed E-state index contributed by atoms with van der Waals surface area (Å²) in [7, 11) is -7.65. The summed E-state index contributed by atoms with van der Waals surface area (Å²) in [5.74, 6) is -0.205. The van der Waals surface area contributed by atoms with Gasteiger partial charge in [0.05, 0.1) is 25.4 Å². The minimum absolute atomic E-state index is 0.0476. The zero-order valence-corrected chi connectivity index (χ0v) is 19.7. The van der Waals surface area contributed by atoms with Gasteiger partial charge in [0, 0.05) is 12.0 Å². The van der Waals surface area contributed by atoms with Crippen molar-refractivity contribution in [2.24, 2.45) is 0 Å². The van der Waals surface area contributed by atoms with E-state index >= 15 is 0 Å². The first-order valence-corrected chi connectivity index (χ1v) is 13.6. The van der Waals surface area contributed by atoms with Gasteiger partial charge in [0.15, 0.2) is 17.0 Å². The molecule has 1 N–H and O–H groups in total. The molecular formula is C19H21N5O8S2. The Labute approximate surface area is 195 Å². The lowest BCUT2D eigenvalue weighted by atomic mass is 10.2. The van der Waals surface area contributed by atoms with E-state index in [2.05, 4.69) is 20.3 Å². The highest BCUT2D eigenvalue weighted by Crippen LogP contribution is 2.34. The summed E-state index contributed by atoms with van der Waals surface area (Å²) in [6.45, 7) is -0.435. The first-order valence-electron chi connectivity index (χ1n) is 9.92. The van der Waals surface area contributed by atoms with Crippen LogP contribution in [0.5, 0.6) is 0 Å². The summed E-state index contributed by atoms with van der Waals surface area (Å²) in [5, 5.41) is 2.69. The highest BCUT2D eigenvalue weighted by Gasteiger charge is 2.40. The third-order valence-corrected chi connectivity index (χ3v) is 6.02. The number of carbonyl (C=O) groups is 1. The predicted octanol–water partition coefficient (Wildman–Crippen LogP) is 0.687. The van der Waals surface area contributed by atoms with Crippen LogP contribution in [-0.2, 0) is 33.3 Å². The number of nitrogens with one attached hydrogen (secondary N) is 1. The minimum atomic E-state index is -3.86. The van der Waals surface area contributed by atoms with E-state index < -0.39 is 45.3 Å². The predicted molar refractivity (Wildman–Crippen MR) is 119 cm³/mol. The molecule has 0 radical (unpaired) electrons. The van der Waals surface area contributed by atoms with E-state index in [-0.39, 0.29) is 23.7 Å². The SMILES string of the molecule is CS(=O)(=O)OC[C@H]1O[C@@H](n2cnc3c(NC(=O)c4ccccc4)ncnc32)C[C@H]1OS(C)(=O)=O. The number of hydrogen-bond acceptors (Lipinski definition) is 11. The number of aromatic nitrogens is 4. The molecule has 0 saturated carbocycles. The van der Waals surface area contributed by atoms with Crippen molar-refractivity contribution >= 4 is 43.1 Å². The number of nitrogens with zero attached hydrogens (tertiary/aromatic N) is 4. The van der Waals surface area contributed by atoms with Crippen molar-refractivity contribution in [3.8, 4) is 0 Å². The Morgan fingerprint density at radius 1 is 1.12 bits per heavy atom. The number of anilines is 1. The molecule has 3 atom stereocenters. The van der Waals surface area contributed by atoms with E-state index in [0.29, 0.717) is 11.2 Å². The van der Waals surface area contributed by atoms with Crippen LogP contribution >= 0.6 is 0 Å². The van der Waals surface area contributed by atoms with Gasteiger partial charge in [-0.2, -0.15) is 16.8 Å². The Hall–Kier alpha value is -2.98. The molecule has 1 aliphatic heterocycles. The second-order valence-electron chi connectivity index (χ2n) is 7.56. The highest BCUT2D eigenvalue weighted by molar-refractivity contribution is 7.86. The number of fused-ring (bicyclic) bond motifs is 1. The molecule has 2 aromatic heterocycles. The van der Waals surface area contributed by atoms with Gasteiger partial charge in [-0.3, -0.25) is 17.7 Å². The summed E-state index contributed by atoms with van der Waals surface area (Å²) < 4.78 is 63.4. The second kappa shape index (κ2) is 9.34. The Kier molecular flexibility index (Phi) is 6.64. The van der Waals surface area contributed by atoms with Crippen LogP contribution in [0.15, 0.2) is 43.0 Å². The Morgan fingerprint density at radius 2 is 1.85 bits per heavy atom. The number of hydrogen-bond donors (Lipinski definition) is 1. The molecule has 0 unspecified atom stereocenters. The first kappa shape index (κ1) is 24.2. The van der Waals surface area contributed by atoms with Gasteiger partial charge < -0.3 is 10.1 Å². The summed E-state index contributed by atoms with van der Waals surface area (Å²) in [5.41, 5.74) is 1.03. The molecule has 1 aromatic carbocycles. The third kappa shape index (κ3) is 5.74. The van der Waals surface area contributed by atoms with Crippen molar-refractivity contribution in [3.05, 3.63) is 48.5 Å². The van der Waals surface area contributed by atoms with Crippen LogP contribution < -0.4 is 5.32 Å². The van der Waals surface area contributed by atoms with Crippen LogP contribution in [0.1, 0.15) is 23.0 Å². The molecule has 1 fully saturated rings. The molecule has 182 valence electrons. The van der Waals surface area contributed by atoms with E-state index in [1.54, 1.807) is 30.3 Å². The van der Waals surface area contributed by atoms with Crippen LogP contribution in [-0.4, -0.2) is 73.6 Å². The minimum Gasteiger partial charge on any atom is -0.349 e. The fourth-order valence-corrected chi connectivity index (χ4v) is 4.49. The molecule has 1 amide bonds. The Balaban J connectivity index is 1.59. The van der Waals surface area contributed by atoms with E-state index in [1.165, 1.54) is 17.2 Å². The van der Waals surface area contributed by atoms with Gasteiger partial charge in [-0.25, -0.2) is 15.0 Å². The normalized spacial score (nSPS) is 21.1. The average molecular weight is 512 g/mol. The summed E-state index contributed by atoms with van der Waals surface area (Å²) in [6.07, 6.45) is 1.66. The molecular weight excluding hydrogens is 490 g/mol. The lowest BCUT2D eigenvalue weighted by Crippen LogP contribution is -2.31. The zero-order chi connectivity index (χ0) is 24.5. The van der Waals surface area contributed by atoms with Crippen LogP contribution in [0.25, 0.3) is 11.2 Å². The molecule has 1 aliphatic rings. The van der Waals surface area contributed by atoms with Crippen molar-refractivity contribution in [2.45, 2.75) is 24.9 Å². The number of ether oxygens (including phenoxy) is 1. The molecule has 0 bridgehead atoms. The lowest BCUT2D eigenvalue weighted by molar-refractivity contribution is -0.0321. The second-order valence-corrected chi connectivity index (χ2v) is 10.8. The van der Waals surface area contributed by atoms with Crippen LogP contribution in [0.3, 0.4) is 0 Å². The Morgan fingerprint density at radius 3 is 2.53 bits per heavy atom. The van der Waals surface area contributed by atoms with Crippen LogP contribution in [0.2, 0.25) is 0 Å². The maximum atomic E-state index is 12.5. The molecule has 3 aromatic rings. The maximum Gasteiger partial charge on any atom is 0.264 e. The van der Waals surface area contributed by atoms with Crippen molar-refractivity contribution in [3.63, 3.8) is 0 Å². The van der Waals surface area contributed by atoms with Gasteiger partial charge in [-0.15, -0.1) is 0 Å². The zero-order valence-electron chi connectivity index (χ0n) is 18.1. The average Bonchev–Trinajstić information content (AvgIpc) is 3.35. The molecule has 0 aliphatic carbocycles. The number of imidazole rings is 1. The highest BCUT2D eigenvalue weighted by atomic mass is 32.2. The number of rotatable bonds is 8.